The SMILES string of the molecule is CC(C)(C)OC(=O)N[C@@H](Cc1ccc(CC(=O)OCc2ccccc2)cc1)C(=O)OCc1ccccc1. The van der Waals surface area contributed by atoms with Gasteiger partial charge in [0.2, 0.25) is 0 Å². The van der Waals surface area contributed by atoms with Crippen LogP contribution in [0.1, 0.15) is 43.0 Å². The van der Waals surface area contributed by atoms with Gasteiger partial charge in [-0.3, -0.25) is 4.79 Å². The number of rotatable bonds is 10. The van der Waals surface area contributed by atoms with Crippen LogP contribution >= 0.6 is 0 Å². The second-order valence-corrected chi connectivity index (χ2v) is 9.64. The fourth-order valence-corrected chi connectivity index (χ4v) is 3.46. The van der Waals surface area contributed by atoms with E-state index in [0.717, 1.165) is 22.3 Å². The number of amides is 1. The molecule has 0 saturated heterocycles. The quantitative estimate of drug-likeness (QED) is 0.304. The number of ether oxygens (including phenoxy) is 3. The molecule has 7 nitrogen and oxygen atoms in total. The standard InChI is InChI=1S/C30H33NO6/c1-30(2,3)37-29(34)31-26(28(33)36-21-25-12-8-5-9-13-25)18-22-14-16-23(17-15-22)19-27(32)35-20-24-10-6-4-7-11-24/h4-17,26H,18-21H2,1-3H3,(H,31,34)/t26-/m0/s1. The third-order valence-electron chi connectivity index (χ3n) is 5.25. The second kappa shape index (κ2) is 13.3. The van der Waals surface area contributed by atoms with Gasteiger partial charge in [0.1, 0.15) is 24.9 Å². The van der Waals surface area contributed by atoms with Crippen LogP contribution in [0.15, 0.2) is 84.9 Å². The Bertz CT molecular complexity index is 1150. The Kier molecular flexibility index (Phi) is 9.84. The van der Waals surface area contributed by atoms with Gasteiger partial charge < -0.3 is 19.5 Å². The number of esters is 2. The number of benzene rings is 3. The molecular weight excluding hydrogens is 470 g/mol. The van der Waals surface area contributed by atoms with E-state index in [4.69, 9.17) is 14.2 Å². The molecule has 0 unspecified atom stereocenters. The Morgan fingerprint density at radius 1 is 0.703 bits per heavy atom. The minimum Gasteiger partial charge on any atom is -0.461 e. The van der Waals surface area contributed by atoms with Gasteiger partial charge in [0.05, 0.1) is 6.42 Å². The van der Waals surface area contributed by atoms with E-state index in [-0.39, 0.29) is 32.0 Å². The van der Waals surface area contributed by atoms with Crippen molar-refractivity contribution >= 4 is 18.0 Å². The number of hydrogen-bond acceptors (Lipinski definition) is 6. The Morgan fingerprint density at radius 2 is 1.22 bits per heavy atom. The maximum absolute atomic E-state index is 12.9. The molecule has 7 heteroatoms. The van der Waals surface area contributed by atoms with Crippen LogP contribution in [0.4, 0.5) is 4.79 Å². The molecule has 0 aliphatic heterocycles. The highest BCUT2D eigenvalue weighted by atomic mass is 16.6. The van der Waals surface area contributed by atoms with E-state index in [9.17, 15) is 14.4 Å². The molecule has 3 aromatic rings. The molecule has 1 atom stereocenters. The molecule has 3 aromatic carbocycles. The van der Waals surface area contributed by atoms with Crippen LogP contribution in [0, 0.1) is 0 Å². The number of nitrogens with one attached hydrogen (secondary N) is 1. The number of carbonyl (C=O) groups excluding carboxylic acids is 3. The van der Waals surface area contributed by atoms with Crippen molar-refractivity contribution < 1.29 is 28.6 Å². The van der Waals surface area contributed by atoms with Crippen molar-refractivity contribution in [3.05, 3.63) is 107 Å². The summed E-state index contributed by atoms with van der Waals surface area (Å²) in [6, 6.07) is 25.1. The van der Waals surface area contributed by atoms with Crippen LogP contribution in [0.25, 0.3) is 0 Å². The van der Waals surface area contributed by atoms with Gasteiger partial charge in [0.15, 0.2) is 0 Å². The average molecular weight is 504 g/mol. The first-order valence-corrected chi connectivity index (χ1v) is 12.2. The normalized spacial score (nSPS) is 11.8. The van der Waals surface area contributed by atoms with Crippen molar-refractivity contribution in [1.82, 2.24) is 5.32 Å². The van der Waals surface area contributed by atoms with Crippen LogP contribution in [0.3, 0.4) is 0 Å². The zero-order chi connectivity index (χ0) is 26.7. The zero-order valence-corrected chi connectivity index (χ0v) is 21.4. The first-order chi connectivity index (χ1) is 17.7. The Labute approximate surface area is 217 Å². The largest absolute Gasteiger partial charge is 0.461 e. The van der Waals surface area contributed by atoms with Gasteiger partial charge >= 0.3 is 18.0 Å². The summed E-state index contributed by atoms with van der Waals surface area (Å²) in [5, 5.41) is 2.63. The highest BCUT2D eigenvalue weighted by Gasteiger charge is 2.26. The third kappa shape index (κ3) is 10.2. The lowest BCUT2D eigenvalue weighted by Gasteiger charge is -2.23. The molecule has 0 aliphatic rings. The lowest BCUT2D eigenvalue weighted by atomic mass is 10.0. The summed E-state index contributed by atoms with van der Waals surface area (Å²) in [6.45, 7) is 5.56. The predicted molar refractivity (Wildman–Crippen MR) is 139 cm³/mol. The maximum atomic E-state index is 12.9. The maximum Gasteiger partial charge on any atom is 0.408 e. The molecule has 1 N–H and O–H groups in total. The molecule has 0 radical (unpaired) electrons. The number of alkyl carbamates (subject to hydrolysis) is 1. The summed E-state index contributed by atoms with van der Waals surface area (Å²) >= 11 is 0. The summed E-state index contributed by atoms with van der Waals surface area (Å²) < 4.78 is 16.1. The van der Waals surface area contributed by atoms with Crippen LogP contribution in [-0.4, -0.2) is 29.7 Å². The predicted octanol–water partition coefficient (Wildman–Crippen LogP) is 5.15. The monoisotopic (exact) mass is 503 g/mol. The van der Waals surface area contributed by atoms with E-state index in [0.29, 0.717) is 0 Å². The number of hydrogen-bond donors (Lipinski definition) is 1. The van der Waals surface area contributed by atoms with E-state index in [2.05, 4.69) is 5.32 Å². The van der Waals surface area contributed by atoms with Crippen molar-refractivity contribution in [2.24, 2.45) is 0 Å². The molecule has 0 fully saturated rings. The van der Waals surface area contributed by atoms with Gasteiger partial charge in [-0.1, -0.05) is 84.9 Å². The molecule has 3 rings (SSSR count). The van der Waals surface area contributed by atoms with Crippen molar-refractivity contribution in [2.75, 3.05) is 0 Å². The lowest BCUT2D eigenvalue weighted by Crippen LogP contribution is -2.45. The molecule has 0 spiro atoms. The van der Waals surface area contributed by atoms with E-state index in [1.54, 1.807) is 32.9 Å². The molecule has 0 aromatic heterocycles. The van der Waals surface area contributed by atoms with E-state index >= 15 is 0 Å². The van der Waals surface area contributed by atoms with Crippen molar-refractivity contribution in [1.29, 1.82) is 0 Å². The lowest BCUT2D eigenvalue weighted by molar-refractivity contribution is -0.147. The van der Waals surface area contributed by atoms with Gasteiger partial charge in [0, 0.05) is 6.42 Å². The Balaban J connectivity index is 1.59. The fourth-order valence-electron chi connectivity index (χ4n) is 3.46. The summed E-state index contributed by atoms with van der Waals surface area (Å²) in [5.41, 5.74) is 2.63. The molecule has 37 heavy (non-hydrogen) atoms. The van der Waals surface area contributed by atoms with Crippen LogP contribution in [0.2, 0.25) is 0 Å². The van der Waals surface area contributed by atoms with E-state index in [1.165, 1.54) is 0 Å². The van der Waals surface area contributed by atoms with Crippen molar-refractivity contribution in [2.45, 2.75) is 58.5 Å². The van der Waals surface area contributed by atoms with E-state index < -0.39 is 23.7 Å². The van der Waals surface area contributed by atoms with Crippen LogP contribution in [-0.2, 0) is 49.9 Å². The van der Waals surface area contributed by atoms with Crippen LogP contribution in [0.5, 0.6) is 0 Å². The molecule has 0 aliphatic carbocycles. The first kappa shape index (κ1) is 27.5. The van der Waals surface area contributed by atoms with Crippen molar-refractivity contribution in [3.8, 4) is 0 Å². The van der Waals surface area contributed by atoms with Gasteiger partial charge in [-0.05, 0) is 43.0 Å². The Hall–Kier alpha value is -4.13. The summed E-state index contributed by atoms with van der Waals surface area (Å²) in [6.07, 6.45) is -0.371. The third-order valence-corrected chi connectivity index (χ3v) is 5.25. The fraction of sp³-hybridized carbons (Fsp3) is 0.300. The second-order valence-electron chi connectivity index (χ2n) is 9.64. The molecular formula is C30H33NO6. The smallest absolute Gasteiger partial charge is 0.408 e. The average Bonchev–Trinajstić information content (AvgIpc) is 2.87. The minimum absolute atomic E-state index is 0.0935. The molecule has 1 amide bonds. The summed E-state index contributed by atoms with van der Waals surface area (Å²) in [7, 11) is 0. The van der Waals surface area contributed by atoms with Gasteiger partial charge in [-0.2, -0.15) is 0 Å². The first-order valence-electron chi connectivity index (χ1n) is 12.2. The molecule has 0 saturated carbocycles. The highest BCUT2D eigenvalue weighted by molar-refractivity contribution is 5.81. The molecule has 0 heterocycles. The van der Waals surface area contributed by atoms with Gasteiger partial charge in [-0.15, -0.1) is 0 Å². The van der Waals surface area contributed by atoms with Crippen LogP contribution < -0.4 is 5.32 Å². The number of carbonyl (C=O) groups is 3. The van der Waals surface area contributed by atoms with Gasteiger partial charge in [-0.25, -0.2) is 9.59 Å². The Morgan fingerprint density at radius 3 is 1.76 bits per heavy atom. The summed E-state index contributed by atoms with van der Waals surface area (Å²) in [5.74, 6) is -0.895. The highest BCUT2D eigenvalue weighted by Crippen LogP contribution is 2.13. The van der Waals surface area contributed by atoms with E-state index in [1.807, 2.05) is 72.8 Å². The summed E-state index contributed by atoms with van der Waals surface area (Å²) in [4.78, 5) is 37.5. The molecule has 194 valence electrons. The molecule has 0 bridgehead atoms. The van der Waals surface area contributed by atoms with Gasteiger partial charge in [0.25, 0.3) is 0 Å². The zero-order valence-electron chi connectivity index (χ0n) is 21.4. The van der Waals surface area contributed by atoms with Crippen molar-refractivity contribution in [3.63, 3.8) is 0 Å². The minimum atomic E-state index is -0.944. The topological polar surface area (TPSA) is 90.9 Å².